The molecule has 3 heterocycles. The van der Waals surface area contributed by atoms with Crippen molar-refractivity contribution in [2.24, 2.45) is 10.7 Å². The normalized spacial score (nSPS) is 30.7. The fraction of sp³-hybridized carbons (Fsp3) is 0.429. The molecule has 3 N–H and O–H groups in total. The van der Waals surface area contributed by atoms with Crippen LogP contribution in [0.5, 0.6) is 0 Å². The minimum Gasteiger partial charge on any atom is -0.386 e. The first-order chi connectivity index (χ1) is 13.5. The smallest absolute Gasteiger partial charge is 0.165 e. The highest BCUT2D eigenvalue weighted by Gasteiger charge is 2.50. The summed E-state index contributed by atoms with van der Waals surface area (Å²) in [5, 5.41) is 3.27. The van der Waals surface area contributed by atoms with E-state index < -0.39 is 20.1 Å². The number of sulfone groups is 1. The number of nitrogens with zero attached hydrogens (tertiary/aromatic N) is 2. The van der Waals surface area contributed by atoms with E-state index in [1.165, 1.54) is 12.1 Å². The number of hydrogen-bond donors (Lipinski definition) is 2. The highest BCUT2D eigenvalue weighted by atomic mass is 32.2. The van der Waals surface area contributed by atoms with Crippen LogP contribution >= 0.6 is 0 Å². The molecule has 0 amide bonds. The van der Waals surface area contributed by atoms with E-state index in [4.69, 9.17) is 10.7 Å². The Morgan fingerprint density at radius 1 is 1.14 bits per heavy atom. The summed E-state index contributed by atoms with van der Waals surface area (Å²) in [6.45, 7) is 4.89. The zero-order chi connectivity index (χ0) is 20.8. The number of aliphatic imine (C=N–C) groups is 1. The Kier molecular flexibility index (Phi) is 3.56. The van der Waals surface area contributed by atoms with E-state index in [9.17, 15) is 12.8 Å². The predicted molar refractivity (Wildman–Crippen MR) is 111 cm³/mol. The second-order valence-corrected chi connectivity index (χ2v) is 11.5. The summed E-state index contributed by atoms with van der Waals surface area (Å²) >= 11 is 0. The molecular formula is C21H23FN4O2S. The van der Waals surface area contributed by atoms with Gasteiger partial charge in [-0.05, 0) is 68.4 Å². The van der Waals surface area contributed by atoms with Gasteiger partial charge in [-0.1, -0.05) is 12.1 Å². The van der Waals surface area contributed by atoms with E-state index >= 15 is 0 Å². The number of pyridine rings is 1. The molecule has 0 saturated heterocycles. The number of hydrogen-bond acceptors (Lipinski definition) is 6. The first-order valence-corrected chi connectivity index (χ1v) is 11.3. The molecule has 0 bridgehead atoms. The van der Waals surface area contributed by atoms with E-state index in [2.05, 4.69) is 10.3 Å². The van der Waals surface area contributed by atoms with Crippen LogP contribution in [0.15, 0.2) is 35.3 Å². The van der Waals surface area contributed by atoms with Crippen molar-refractivity contribution in [1.82, 2.24) is 4.98 Å². The lowest BCUT2D eigenvalue weighted by atomic mass is 9.97. The Bertz CT molecular complexity index is 1190. The Morgan fingerprint density at radius 3 is 2.55 bits per heavy atom. The molecule has 2 aliphatic heterocycles. The van der Waals surface area contributed by atoms with Crippen LogP contribution in [0.3, 0.4) is 0 Å². The third-order valence-electron chi connectivity index (χ3n) is 6.57. The number of nitrogens with two attached hydrogens (primary N) is 1. The van der Waals surface area contributed by atoms with Gasteiger partial charge in [-0.25, -0.2) is 17.8 Å². The molecule has 152 valence electrons. The van der Waals surface area contributed by atoms with Crippen molar-refractivity contribution in [2.45, 2.75) is 49.3 Å². The highest BCUT2D eigenvalue weighted by Crippen LogP contribution is 2.60. The number of rotatable bonds is 1. The molecule has 0 unspecified atom stereocenters. The van der Waals surface area contributed by atoms with E-state index in [1.807, 2.05) is 18.2 Å². The standard InChI is InChI=1S/C21H23FN4O2S/c1-20(2)19(23)26-21(3,10-29(20,27)28)17-7-6-13-15-9-14(15)12-5-4-11(22)8-16(12)24-18(13)25-17/h4-8,14-15H,9-10H2,1-3H3,(H2,23,26)(H,24,25)/t14-,15+,21+/m1/s1. The van der Waals surface area contributed by atoms with Gasteiger partial charge in [-0.2, -0.15) is 0 Å². The van der Waals surface area contributed by atoms with Crippen LogP contribution < -0.4 is 11.1 Å². The molecule has 6 nitrogen and oxygen atoms in total. The summed E-state index contributed by atoms with van der Waals surface area (Å²) in [6, 6.07) is 8.63. The van der Waals surface area contributed by atoms with Crippen LogP contribution in [0.25, 0.3) is 0 Å². The lowest BCUT2D eigenvalue weighted by Gasteiger charge is -2.37. The predicted octanol–water partition coefficient (Wildman–Crippen LogP) is 3.33. The minimum absolute atomic E-state index is 0.0885. The van der Waals surface area contributed by atoms with E-state index in [1.54, 1.807) is 20.8 Å². The van der Waals surface area contributed by atoms with Gasteiger partial charge in [-0.15, -0.1) is 0 Å². The highest BCUT2D eigenvalue weighted by molar-refractivity contribution is 7.93. The van der Waals surface area contributed by atoms with Crippen LogP contribution in [-0.2, 0) is 15.4 Å². The van der Waals surface area contributed by atoms with Crippen LogP contribution in [0, 0.1) is 5.82 Å². The lowest BCUT2D eigenvalue weighted by Crippen LogP contribution is -2.55. The molecule has 29 heavy (non-hydrogen) atoms. The number of fused-ring (bicyclic) bond motifs is 5. The van der Waals surface area contributed by atoms with Crippen LogP contribution in [-0.4, -0.2) is 29.7 Å². The largest absolute Gasteiger partial charge is 0.386 e. The fourth-order valence-corrected chi connectivity index (χ4v) is 6.09. The molecule has 1 aromatic carbocycles. The van der Waals surface area contributed by atoms with Crippen molar-refractivity contribution >= 4 is 27.2 Å². The molecule has 1 aliphatic carbocycles. The molecule has 2 aromatic rings. The average molecular weight is 415 g/mol. The molecule has 0 radical (unpaired) electrons. The summed E-state index contributed by atoms with van der Waals surface area (Å²) in [4.78, 5) is 9.32. The first-order valence-electron chi connectivity index (χ1n) is 9.68. The first kappa shape index (κ1) is 18.5. The average Bonchev–Trinajstić information content (AvgIpc) is 3.40. The summed E-state index contributed by atoms with van der Waals surface area (Å²) < 4.78 is 38.3. The van der Waals surface area contributed by atoms with Gasteiger partial charge in [0.25, 0.3) is 0 Å². The monoisotopic (exact) mass is 414 g/mol. The number of anilines is 2. The fourth-order valence-electron chi connectivity index (χ4n) is 4.41. The molecule has 1 aromatic heterocycles. The second kappa shape index (κ2) is 5.56. The molecule has 3 aliphatic rings. The van der Waals surface area contributed by atoms with Gasteiger partial charge < -0.3 is 11.1 Å². The maximum absolute atomic E-state index is 13.8. The van der Waals surface area contributed by atoms with Crippen LogP contribution in [0.1, 0.15) is 55.8 Å². The third kappa shape index (κ3) is 2.61. The van der Waals surface area contributed by atoms with E-state index in [0.29, 0.717) is 29.0 Å². The third-order valence-corrected chi connectivity index (χ3v) is 9.28. The number of nitrogens with one attached hydrogen (secondary N) is 1. The lowest BCUT2D eigenvalue weighted by molar-refractivity contribution is 0.491. The quantitative estimate of drug-likeness (QED) is 0.746. The zero-order valence-corrected chi connectivity index (χ0v) is 17.3. The van der Waals surface area contributed by atoms with Gasteiger partial charge in [0.05, 0.1) is 11.4 Å². The molecular weight excluding hydrogens is 391 g/mol. The number of halogens is 1. The van der Waals surface area contributed by atoms with Gasteiger partial charge in [-0.3, -0.25) is 4.99 Å². The topological polar surface area (TPSA) is 97.4 Å². The van der Waals surface area contributed by atoms with Gasteiger partial charge in [0.1, 0.15) is 27.8 Å². The zero-order valence-electron chi connectivity index (χ0n) is 16.5. The Morgan fingerprint density at radius 2 is 1.83 bits per heavy atom. The Balaban J connectivity index is 1.62. The molecule has 1 fully saturated rings. The maximum Gasteiger partial charge on any atom is 0.165 e. The molecule has 8 heteroatoms. The van der Waals surface area contributed by atoms with Crippen molar-refractivity contribution in [1.29, 1.82) is 0 Å². The van der Waals surface area contributed by atoms with Gasteiger partial charge in [0.15, 0.2) is 9.84 Å². The number of benzene rings is 1. The van der Waals surface area contributed by atoms with Gasteiger partial charge in [0.2, 0.25) is 0 Å². The Hall–Kier alpha value is -2.48. The SMILES string of the molecule is CC1(C)C(N)=N[C@](C)(c2ccc3c(n2)Nc2cc(F)ccc2[C@H]2C[C@@H]32)CS1(=O)=O. The van der Waals surface area contributed by atoms with Crippen LogP contribution in [0.4, 0.5) is 15.9 Å². The number of aromatic nitrogens is 1. The van der Waals surface area contributed by atoms with Gasteiger partial charge in [0, 0.05) is 5.69 Å². The summed E-state index contributed by atoms with van der Waals surface area (Å²) in [5.74, 6) is 0.935. The van der Waals surface area contributed by atoms with Crippen molar-refractivity contribution < 1.29 is 12.8 Å². The second-order valence-electron chi connectivity index (χ2n) is 8.98. The van der Waals surface area contributed by atoms with E-state index in [-0.39, 0.29) is 17.4 Å². The molecule has 0 spiro atoms. The number of amidine groups is 1. The summed E-state index contributed by atoms with van der Waals surface area (Å²) in [5.41, 5.74) is 8.38. The Labute approximate surface area is 169 Å². The van der Waals surface area contributed by atoms with E-state index in [0.717, 1.165) is 17.5 Å². The maximum atomic E-state index is 13.8. The molecule has 3 atom stereocenters. The summed E-state index contributed by atoms with van der Waals surface area (Å²) in [6.07, 6.45) is 0.999. The minimum atomic E-state index is -3.52. The summed E-state index contributed by atoms with van der Waals surface area (Å²) in [7, 11) is -3.52. The van der Waals surface area contributed by atoms with Gasteiger partial charge >= 0.3 is 0 Å². The van der Waals surface area contributed by atoms with Crippen molar-refractivity contribution in [3.05, 3.63) is 53.0 Å². The van der Waals surface area contributed by atoms with Crippen molar-refractivity contribution in [3.8, 4) is 0 Å². The molecule has 1 saturated carbocycles. The van der Waals surface area contributed by atoms with Crippen LogP contribution in [0.2, 0.25) is 0 Å². The van der Waals surface area contributed by atoms with Crippen molar-refractivity contribution in [3.63, 3.8) is 0 Å². The van der Waals surface area contributed by atoms with Crippen molar-refractivity contribution in [2.75, 3.05) is 11.1 Å². The molecule has 5 rings (SSSR count).